The molecule has 0 fully saturated rings. The number of carbonyl (C=O) groups excluding carboxylic acids is 2. The molecule has 0 saturated carbocycles. The maximum atomic E-state index is 13.3. The molecule has 0 unspecified atom stereocenters. The van der Waals surface area contributed by atoms with Gasteiger partial charge in [-0.15, -0.1) is 0 Å². The minimum atomic E-state index is -0.356. The second-order valence-corrected chi connectivity index (χ2v) is 8.72. The van der Waals surface area contributed by atoms with Gasteiger partial charge in [0.2, 0.25) is 0 Å². The third-order valence-electron chi connectivity index (χ3n) is 4.72. The zero-order chi connectivity index (χ0) is 21.1. The van der Waals surface area contributed by atoms with Gasteiger partial charge in [0.25, 0.3) is 11.8 Å². The fourth-order valence-corrected chi connectivity index (χ4v) is 4.33. The van der Waals surface area contributed by atoms with Crippen LogP contribution in [0.1, 0.15) is 12.5 Å². The molecule has 6 heteroatoms. The van der Waals surface area contributed by atoms with Crippen LogP contribution in [0, 0.1) is 0 Å². The van der Waals surface area contributed by atoms with Gasteiger partial charge in [-0.1, -0.05) is 64.9 Å². The number of aryl methyl sites for hydroxylation is 1. The topological polar surface area (TPSA) is 49.4 Å². The van der Waals surface area contributed by atoms with Crippen molar-refractivity contribution in [2.24, 2.45) is 0 Å². The van der Waals surface area contributed by atoms with E-state index in [9.17, 15) is 9.59 Å². The molecule has 3 aromatic rings. The van der Waals surface area contributed by atoms with Crippen LogP contribution in [0.3, 0.4) is 0 Å². The van der Waals surface area contributed by atoms with Gasteiger partial charge in [0.1, 0.15) is 10.6 Å². The fraction of sp³-hybridized carbons (Fsp3) is 0.0833. The minimum Gasteiger partial charge on any atom is -0.350 e. The predicted octanol–water partition coefficient (Wildman–Crippen LogP) is 6.00. The molecule has 0 bridgehead atoms. The first-order valence-corrected chi connectivity index (χ1v) is 11.1. The van der Waals surface area contributed by atoms with Gasteiger partial charge in [-0.25, -0.2) is 4.90 Å². The molecule has 1 aliphatic rings. The molecule has 0 radical (unpaired) electrons. The second-order valence-electron chi connectivity index (χ2n) is 6.72. The lowest BCUT2D eigenvalue weighted by Gasteiger charge is -2.15. The number of hydrogen-bond donors (Lipinski definition) is 1. The SMILES string of the molecule is CCc1ccc(N2C(=O)C(Nc3ccc(Br)cc3)=C(Sc3ccccc3)C2=O)cc1. The molecule has 0 spiro atoms. The third-order valence-corrected chi connectivity index (χ3v) is 6.34. The zero-order valence-corrected chi connectivity index (χ0v) is 18.7. The van der Waals surface area contributed by atoms with Crippen molar-refractivity contribution in [3.05, 3.63) is 99.5 Å². The van der Waals surface area contributed by atoms with Crippen LogP contribution in [0.25, 0.3) is 0 Å². The standard InChI is InChI=1S/C24H19BrN2O2S/c1-2-16-8-14-19(15-9-16)27-23(28)21(26-18-12-10-17(25)11-13-18)22(24(27)29)30-20-6-4-3-5-7-20/h3-15,26H,2H2,1H3. The molecular formula is C24H19BrN2O2S. The Balaban J connectivity index is 1.72. The summed E-state index contributed by atoms with van der Waals surface area (Å²) in [5.41, 5.74) is 2.75. The van der Waals surface area contributed by atoms with E-state index in [1.54, 1.807) is 0 Å². The van der Waals surface area contributed by atoms with Gasteiger partial charge >= 0.3 is 0 Å². The largest absolute Gasteiger partial charge is 0.350 e. The molecule has 3 aromatic carbocycles. The van der Waals surface area contributed by atoms with Crippen LogP contribution in [0.2, 0.25) is 0 Å². The van der Waals surface area contributed by atoms with Crippen LogP contribution in [0.15, 0.2) is 98.8 Å². The van der Waals surface area contributed by atoms with E-state index in [2.05, 4.69) is 28.2 Å². The lowest BCUT2D eigenvalue weighted by atomic mass is 10.1. The predicted molar refractivity (Wildman–Crippen MR) is 125 cm³/mol. The molecule has 2 amide bonds. The van der Waals surface area contributed by atoms with E-state index in [1.165, 1.54) is 16.7 Å². The van der Waals surface area contributed by atoms with E-state index in [0.717, 1.165) is 27.0 Å². The Morgan fingerprint density at radius 3 is 2.17 bits per heavy atom. The first kappa shape index (κ1) is 20.4. The Bertz CT molecular complexity index is 1110. The van der Waals surface area contributed by atoms with Crippen molar-refractivity contribution in [1.29, 1.82) is 0 Å². The summed E-state index contributed by atoms with van der Waals surface area (Å²) in [7, 11) is 0. The van der Waals surface area contributed by atoms with Crippen molar-refractivity contribution >= 4 is 50.9 Å². The molecule has 4 rings (SSSR count). The maximum Gasteiger partial charge on any atom is 0.283 e. The number of nitrogens with one attached hydrogen (secondary N) is 1. The van der Waals surface area contributed by atoms with Crippen molar-refractivity contribution < 1.29 is 9.59 Å². The highest BCUT2D eigenvalue weighted by atomic mass is 79.9. The molecular weight excluding hydrogens is 460 g/mol. The summed E-state index contributed by atoms with van der Waals surface area (Å²) in [6.45, 7) is 2.07. The number of nitrogens with zero attached hydrogens (tertiary/aromatic N) is 1. The fourth-order valence-electron chi connectivity index (χ4n) is 3.11. The van der Waals surface area contributed by atoms with E-state index in [1.807, 2.05) is 78.9 Å². The van der Waals surface area contributed by atoms with Gasteiger partial charge in [0, 0.05) is 15.1 Å². The Morgan fingerprint density at radius 1 is 0.867 bits per heavy atom. The molecule has 150 valence electrons. The second kappa shape index (κ2) is 8.90. The van der Waals surface area contributed by atoms with Crippen LogP contribution in [-0.4, -0.2) is 11.8 Å². The maximum absolute atomic E-state index is 13.3. The van der Waals surface area contributed by atoms with Crippen molar-refractivity contribution in [2.45, 2.75) is 18.2 Å². The van der Waals surface area contributed by atoms with Crippen LogP contribution in [0.4, 0.5) is 11.4 Å². The summed E-state index contributed by atoms with van der Waals surface area (Å²) >= 11 is 4.71. The lowest BCUT2D eigenvalue weighted by Crippen LogP contribution is -2.32. The first-order chi connectivity index (χ1) is 14.6. The summed E-state index contributed by atoms with van der Waals surface area (Å²) in [4.78, 5) is 29.1. The molecule has 0 aliphatic carbocycles. The Hall–Kier alpha value is -2.83. The monoisotopic (exact) mass is 478 g/mol. The van der Waals surface area contributed by atoms with Crippen molar-refractivity contribution in [1.82, 2.24) is 0 Å². The van der Waals surface area contributed by atoms with Gasteiger partial charge in [0.15, 0.2) is 0 Å². The molecule has 0 atom stereocenters. The highest BCUT2D eigenvalue weighted by Gasteiger charge is 2.40. The van der Waals surface area contributed by atoms with E-state index in [0.29, 0.717) is 10.6 Å². The molecule has 1 aliphatic heterocycles. The first-order valence-electron chi connectivity index (χ1n) is 9.54. The summed E-state index contributed by atoms with van der Waals surface area (Å²) in [5, 5.41) is 3.17. The average Bonchev–Trinajstić information content (AvgIpc) is 3.00. The Labute approximate surface area is 188 Å². The third kappa shape index (κ3) is 4.20. The van der Waals surface area contributed by atoms with Gasteiger partial charge in [-0.3, -0.25) is 9.59 Å². The van der Waals surface area contributed by atoms with Crippen LogP contribution < -0.4 is 10.2 Å². The van der Waals surface area contributed by atoms with E-state index in [4.69, 9.17) is 0 Å². The van der Waals surface area contributed by atoms with E-state index >= 15 is 0 Å². The van der Waals surface area contributed by atoms with Gasteiger partial charge in [-0.05, 0) is 60.5 Å². The van der Waals surface area contributed by atoms with Gasteiger partial charge < -0.3 is 5.32 Å². The molecule has 1 heterocycles. The van der Waals surface area contributed by atoms with E-state index in [-0.39, 0.29) is 17.5 Å². The van der Waals surface area contributed by atoms with Gasteiger partial charge in [0.05, 0.1) is 5.69 Å². The van der Waals surface area contributed by atoms with Crippen molar-refractivity contribution in [3.8, 4) is 0 Å². The number of anilines is 2. The lowest BCUT2D eigenvalue weighted by molar-refractivity contribution is -0.120. The van der Waals surface area contributed by atoms with Crippen LogP contribution in [-0.2, 0) is 16.0 Å². The average molecular weight is 479 g/mol. The zero-order valence-electron chi connectivity index (χ0n) is 16.3. The number of amides is 2. The molecule has 30 heavy (non-hydrogen) atoms. The Kier molecular flexibility index (Phi) is 6.06. The summed E-state index contributed by atoms with van der Waals surface area (Å²) in [5.74, 6) is -0.677. The van der Waals surface area contributed by atoms with E-state index < -0.39 is 0 Å². The molecule has 0 saturated heterocycles. The minimum absolute atomic E-state index is 0.288. The summed E-state index contributed by atoms with van der Waals surface area (Å²) in [6, 6.07) is 24.6. The quantitative estimate of drug-likeness (QED) is 0.441. The molecule has 0 aromatic heterocycles. The van der Waals surface area contributed by atoms with Crippen LogP contribution in [0.5, 0.6) is 0 Å². The number of hydrogen-bond acceptors (Lipinski definition) is 4. The van der Waals surface area contributed by atoms with Crippen molar-refractivity contribution in [2.75, 3.05) is 10.2 Å². The van der Waals surface area contributed by atoms with Crippen LogP contribution >= 0.6 is 27.7 Å². The number of carbonyl (C=O) groups is 2. The number of rotatable bonds is 6. The molecule has 4 nitrogen and oxygen atoms in total. The summed E-state index contributed by atoms with van der Waals surface area (Å²) < 4.78 is 0.937. The highest BCUT2D eigenvalue weighted by Crippen LogP contribution is 2.37. The normalized spacial score (nSPS) is 13.9. The summed E-state index contributed by atoms with van der Waals surface area (Å²) in [6.07, 6.45) is 0.895. The molecule has 1 N–H and O–H groups in total. The van der Waals surface area contributed by atoms with Gasteiger partial charge in [-0.2, -0.15) is 0 Å². The smallest absolute Gasteiger partial charge is 0.283 e. The number of imide groups is 1. The van der Waals surface area contributed by atoms with Crippen molar-refractivity contribution in [3.63, 3.8) is 0 Å². The highest BCUT2D eigenvalue weighted by molar-refractivity contribution is 9.10. The number of benzene rings is 3. The number of halogens is 1. The Morgan fingerprint density at radius 2 is 1.53 bits per heavy atom. The number of thioether (sulfide) groups is 1.